The van der Waals surface area contributed by atoms with E-state index in [4.69, 9.17) is 4.74 Å². The van der Waals surface area contributed by atoms with Gasteiger partial charge in [0.1, 0.15) is 5.75 Å². The van der Waals surface area contributed by atoms with Gasteiger partial charge in [0.25, 0.3) is 15.9 Å². The maximum atomic E-state index is 12.9. The van der Waals surface area contributed by atoms with Crippen LogP contribution in [-0.2, 0) is 10.0 Å². The molecule has 0 aromatic heterocycles. The molecule has 0 saturated carbocycles. The van der Waals surface area contributed by atoms with Crippen molar-refractivity contribution in [3.05, 3.63) is 119 Å². The number of amides is 1. The van der Waals surface area contributed by atoms with E-state index < -0.39 is 21.9 Å². The second-order valence-electron chi connectivity index (χ2n) is 7.37. The van der Waals surface area contributed by atoms with Gasteiger partial charge in [0.15, 0.2) is 0 Å². The quantitative estimate of drug-likeness (QED) is 0.226. The zero-order valence-electron chi connectivity index (χ0n) is 18.1. The van der Waals surface area contributed by atoms with E-state index in [1.54, 1.807) is 48.5 Å². The molecule has 35 heavy (non-hydrogen) atoms. The van der Waals surface area contributed by atoms with Crippen molar-refractivity contribution in [3.8, 4) is 5.75 Å². The fraction of sp³-hybridized carbons (Fsp3) is 0. The smallest absolute Gasteiger partial charge is 0.343 e. The van der Waals surface area contributed by atoms with E-state index in [-0.39, 0.29) is 21.7 Å². The summed E-state index contributed by atoms with van der Waals surface area (Å²) in [5.74, 6) is -0.591. The van der Waals surface area contributed by atoms with Crippen molar-refractivity contribution in [2.75, 3.05) is 10.0 Å². The van der Waals surface area contributed by atoms with Crippen LogP contribution in [0, 0.1) is 0 Å². The highest BCUT2D eigenvalue weighted by atomic mass is 79.9. The number of esters is 1. The van der Waals surface area contributed by atoms with Gasteiger partial charge in [0, 0.05) is 21.4 Å². The molecular formula is C26H19BrN2O5S. The van der Waals surface area contributed by atoms with Crippen molar-refractivity contribution in [2.45, 2.75) is 4.90 Å². The number of carbonyl (C=O) groups excluding carboxylic acids is 2. The molecule has 176 valence electrons. The molecule has 0 aliphatic rings. The summed E-state index contributed by atoms with van der Waals surface area (Å²) < 4.78 is 34.4. The Morgan fingerprint density at radius 2 is 1.37 bits per heavy atom. The van der Waals surface area contributed by atoms with Gasteiger partial charge in [0.2, 0.25) is 0 Å². The van der Waals surface area contributed by atoms with Crippen LogP contribution in [0.25, 0.3) is 0 Å². The third kappa shape index (κ3) is 6.34. The van der Waals surface area contributed by atoms with Crippen molar-refractivity contribution in [1.82, 2.24) is 0 Å². The van der Waals surface area contributed by atoms with Crippen LogP contribution in [0.15, 0.2) is 112 Å². The van der Waals surface area contributed by atoms with Crippen molar-refractivity contribution in [2.24, 2.45) is 0 Å². The monoisotopic (exact) mass is 550 g/mol. The van der Waals surface area contributed by atoms with Crippen molar-refractivity contribution in [1.29, 1.82) is 0 Å². The molecule has 0 unspecified atom stereocenters. The first-order valence-corrected chi connectivity index (χ1v) is 12.6. The second-order valence-corrected chi connectivity index (χ2v) is 9.97. The molecule has 0 spiro atoms. The molecular weight excluding hydrogens is 532 g/mol. The molecule has 0 atom stereocenters. The minimum Gasteiger partial charge on any atom is -0.423 e. The van der Waals surface area contributed by atoms with Crippen LogP contribution < -0.4 is 14.8 Å². The molecule has 4 rings (SSSR count). The third-order valence-electron chi connectivity index (χ3n) is 4.84. The first-order valence-electron chi connectivity index (χ1n) is 10.4. The number of rotatable bonds is 7. The van der Waals surface area contributed by atoms with Gasteiger partial charge >= 0.3 is 5.97 Å². The number of sulfonamides is 1. The Morgan fingerprint density at radius 1 is 0.714 bits per heavy atom. The number of para-hydroxylation sites is 1. The van der Waals surface area contributed by atoms with E-state index in [1.165, 1.54) is 48.5 Å². The number of hydrogen-bond donors (Lipinski definition) is 2. The Bertz CT molecular complexity index is 1460. The fourth-order valence-corrected chi connectivity index (χ4v) is 4.45. The van der Waals surface area contributed by atoms with E-state index in [0.717, 1.165) is 4.47 Å². The van der Waals surface area contributed by atoms with E-state index in [2.05, 4.69) is 26.0 Å². The zero-order valence-corrected chi connectivity index (χ0v) is 20.5. The number of carbonyl (C=O) groups is 2. The maximum absolute atomic E-state index is 12.9. The van der Waals surface area contributed by atoms with E-state index in [9.17, 15) is 18.0 Å². The average molecular weight is 551 g/mol. The molecule has 0 bridgehead atoms. The fourth-order valence-electron chi connectivity index (χ4n) is 3.08. The SMILES string of the molecule is O=C(Nc1ccc(Br)cc1)c1cccc(S(=O)(=O)Nc2ccc(C(=O)Oc3ccccc3)cc2)c1. The number of benzene rings is 4. The molecule has 4 aromatic carbocycles. The number of halogens is 1. The molecule has 2 N–H and O–H groups in total. The third-order valence-corrected chi connectivity index (χ3v) is 6.74. The van der Waals surface area contributed by atoms with Gasteiger partial charge in [-0.05, 0) is 78.9 Å². The summed E-state index contributed by atoms with van der Waals surface area (Å²) in [5.41, 5.74) is 1.29. The second kappa shape index (κ2) is 10.5. The van der Waals surface area contributed by atoms with E-state index in [1.807, 2.05) is 6.07 Å². The molecule has 4 aromatic rings. The van der Waals surface area contributed by atoms with Crippen LogP contribution in [0.3, 0.4) is 0 Å². The normalized spacial score (nSPS) is 10.9. The lowest BCUT2D eigenvalue weighted by Gasteiger charge is -2.11. The van der Waals surface area contributed by atoms with Gasteiger partial charge in [-0.3, -0.25) is 9.52 Å². The number of ether oxygens (including phenoxy) is 1. The van der Waals surface area contributed by atoms with Crippen LogP contribution in [0.1, 0.15) is 20.7 Å². The summed E-state index contributed by atoms with van der Waals surface area (Å²) in [5, 5.41) is 2.73. The minimum absolute atomic E-state index is 0.0754. The van der Waals surface area contributed by atoms with Gasteiger partial charge < -0.3 is 10.1 Å². The average Bonchev–Trinajstić information content (AvgIpc) is 2.86. The lowest BCUT2D eigenvalue weighted by atomic mass is 10.2. The predicted octanol–water partition coefficient (Wildman–Crippen LogP) is 5.72. The van der Waals surface area contributed by atoms with Crippen LogP contribution in [0.4, 0.5) is 11.4 Å². The zero-order chi connectivity index (χ0) is 24.8. The van der Waals surface area contributed by atoms with Crippen LogP contribution >= 0.6 is 15.9 Å². The van der Waals surface area contributed by atoms with Gasteiger partial charge in [-0.25, -0.2) is 13.2 Å². The summed E-state index contributed by atoms with van der Waals surface area (Å²) in [6.45, 7) is 0. The molecule has 1 amide bonds. The van der Waals surface area contributed by atoms with Crippen molar-refractivity contribution in [3.63, 3.8) is 0 Å². The molecule has 0 fully saturated rings. The number of nitrogens with one attached hydrogen (secondary N) is 2. The molecule has 7 nitrogen and oxygen atoms in total. The molecule has 0 saturated heterocycles. The molecule has 9 heteroatoms. The van der Waals surface area contributed by atoms with Gasteiger partial charge in [-0.1, -0.05) is 40.2 Å². The summed E-state index contributed by atoms with van der Waals surface area (Å²) in [7, 11) is -3.98. The van der Waals surface area contributed by atoms with Crippen LogP contribution in [0.5, 0.6) is 5.75 Å². The topological polar surface area (TPSA) is 102 Å². The first kappa shape index (κ1) is 24.2. The van der Waals surface area contributed by atoms with Crippen molar-refractivity contribution < 1.29 is 22.7 Å². The summed E-state index contributed by atoms with van der Waals surface area (Å²) >= 11 is 3.33. The highest BCUT2D eigenvalue weighted by Crippen LogP contribution is 2.20. The van der Waals surface area contributed by atoms with Gasteiger partial charge in [-0.15, -0.1) is 0 Å². The Balaban J connectivity index is 1.44. The molecule has 0 radical (unpaired) electrons. The number of anilines is 2. The highest BCUT2D eigenvalue weighted by molar-refractivity contribution is 9.10. The predicted molar refractivity (Wildman–Crippen MR) is 137 cm³/mol. The van der Waals surface area contributed by atoms with E-state index in [0.29, 0.717) is 11.4 Å². The molecule has 0 aliphatic carbocycles. The Kier molecular flexibility index (Phi) is 7.28. The summed E-state index contributed by atoms with van der Waals surface area (Å²) in [6.07, 6.45) is 0. The van der Waals surface area contributed by atoms with Crippen LogP contribution in [-0.4, -0.2) is 20.3 Å². The van der Waals surface area contributed by atoms with E-state index >= 15 is 0 Å². The first-order chi connectivity index (χ1) is 16.8. The van der Waals surface area contributed by atoms with Gasteiger partial charge in [-0.2, -0.15) is 0 Å². The maximum Gasteiger partial charge on any atom is 0.343 e. The van der Waals surface area contributed by atoms with Crippen molar-refractivity contribution >= 4 is 49.2 Å². The Hall–Kier alpha value is -3.95. The standard InChI is InChI=1S/C26H19BrN2O5S/c27-20-11-15-21(16-12-20)28-25(30)19-5-4-8-24(17-19)35(32,33)29-22-13-9-18(10-14-22)26(31)34-23-6-2-1-3-7-23/h1-17,29H,(H,28,30). The lowest BCUT2D eigenvalue weighted by molar-refractivity contribution is 0.0734. The Labute approximate surface area is 210 Å². The van der Waals surface area contributed by atoms with Gasteiger partial charge in [0.05, 0.1) is 10.5 Å². The molecule has 0 heterocycles. The van der Waals surface area contributed by atoms with Crippen LogP contribution in [0.2, 0.25) is 0 Å². The highest BCUT2D eigenvalue weighted by Gasteiger charge is 2.17. The minimum atomic E-state index is -3.98. The Morgan fingerprint density at radius 3 is 2.06 bits per heavy atom. The molecule has 0 aliphatic heterocycles. The number of hydrogen-bond acceptors (Lipinski definition) is 5. The summed E-state index contributed by atoms with van der Waals surface area (Å²) in [6, 6.07) is 27.2. The lowest BCUT2D eigenvalue weighted by Crippen LogP contribution is -2.16. The largest absolute Gasteiger partial charge is 0.423 e. The summed E-state index contributed by atoms with van der Waals surface area (Å²) in [4.78, 5) is 24.8.